The third-order valence-electron chi connectivity index (χ3n) is 6.94. The molecule has 0 spiro atoms. The molecule has 0 aliphatic rings. The summed E-state index contributed by atoms with van der Waals surface area (Å²) < 4.78 is 5.59. The summed E-state index contributed by atoms with van der Waals surface area (Å²) >= 11 is 0. The number of rotatable bonds is 6. The highest BCUT2D eigenvalue weighted by Gasteiger charge is 2.28. The van der Waals surface area contributed by atoms with Crippen molar-refractivity contribution >= 4 is 33.5 Å². The molecular weight excluding hydrogens is 470 g/mol. The molecule has 0 aliphatic carbocycles. The minimum absolute atomic E-state index is 0.0296. The van der Waals surface area contributed by atoms with Crippen LogP contribution in [0.5, 0.6) is 5.75 Å². The first-order valence-corrected chi connectivity index (χ1v) is 12.1. The summed E-state index contributed by atoms with van der Waals surface area (Å²) in [5, 5.41) is 26.1. The van der Waals surface area contributed by atoms with Gasteiger partial charge in [0.2, 0.25) is 0 Å². The van der Waals surface area contributed by atoms with Gasteiger partial charge in [0, 0.05) is 36.0 Å². The van der Waals surface area contributed by atoms with Gasteiger partial charge in [0.1, 0.15) is 11.4 Å². The number of fused-ring (bicyclic) bond motifs is 2. The Labute approximate surface area is 213 Å². The SMILES string of the molecule is CCc1noc(C(C)N(C)C(=O)c2nc(-c3cc4c(NC)n[nH]c4cc3C)nc3ccc(O)cc23)c1C. The highest BCUT2D eigenvalue weighted by atomic mass is 16.5. The lowest BCUT2D eigenvalue weighted by molar-refractivity contribution is 0.0716. The van der Waals surface area contributed by atoms with Crippen LogP contribution in [0.15, 0.2) is 34.9 Å². The van der Waals surface area contributed by atoms with Crippen LogP contribution in [0.25, 0.3) is 33.2 Å². The first kappa shape index (κ1) is 24.2. The van der Waals surface area contributed by atoms with Crippen LogP contribution in [-0.4, -0.2) is 55.3 Å². The molecule has 0 saturated carbocycles. The molecule has 3 N–H and O–H groups in total. The van der Waals surface area contributed by atoms with Crippen molar-refractivity contribution < 1.29 is 14.4 Å². The molecular formula is C27H29N7O3. The number of H-pyrrole nitrogens is 1. The Hall–Kier alpha value is -4.47. The van der Waals surface area contributed by atoms with Crippen LogP contribution in [0.1, 0.15) is 53.0 Å². The Kier molecular flexibility index (Phi) is 6.02. The van der Waals surface area contributed by atoms with Gasteiger partial charge in [-0.25, -0.2) is 9.97 Å². The minimum atomic E-state index is -0.381. The van der Waals surface area contributed by atoms with E-state index >= 15 is 0 Å². The molecule has 0 radical (unpaired) electrons. The lowest BCUT2D eigenvalue weighted by Crippen LogP contribution is -2.31. The largest absolute Gasteiger partial charge is 0.508 e. The monoisotopic (exact) mass is 499 g/mol. The summed E-state index contributed by atoms with van der Waals surface area (Å²) in [4.78, 5) is 25.0. The second-order valence-corrected chi connectivity index (χ2v) is 9.20. The van der Waals surface area contributed by atoms with Crippen molar-refractivity contribution in [2.45, 2.75) is 40.2 Å². The van der Waals surface area contributed by atoms with Crippen LogP contribution in [0.3, 0.4) is 0 Å². The summed E-state index contributed by atoms with van der Waals surface area (Å²) in [7, 11) is 3.51. The van der Waals surface area contributed by atoms with E-state index in [1.807, 2.05) is 46.9 Å². The van der Waals surface area contributed by atoms with Gasteiger partial charge in [0.05, 0.1) is 22.8 Å². The second-order valence-electron chi connectivity index (χ2n) is 9.20. The van der Waals surface area contributed by atoms with Crippen molar-refractivity contribution in [3.05, 3.63) is 58.6 Å². The standard InChI is InChI=1S/C27H29N7O3/c1-7-20-14(3)24(37-33-20)15(4)34(6)27(36)23-18-11-16(35)8-9-21(18)29-26(30-23)17-12-19-22(10-13(17)2)31-32-25(19)28-5/h8-12,15,35H,7H2,1-6H3,(H2,28,31,32). The van der Waals surface area contributed by atoms with Gasteiger partial charge in [-0.2, -0.15) is 5.10 Å². The molecule has 2 aromatic carbocycles. The average molecular weight is 500 g/mol. The van der Waals surface area contributed by atoms with Crippen molar-refractivity contribution in [1.82, 2.24) is 30.2 Å². The van der Waals surface area contributed by atoms with E-state index < -0.39 is 0 Å². The van der Waals surface area contributed by atoms with E-state index in [1.165, 1.54) is 6.07 Å². The number of aromatic amines is 1. The van der Waals surface area contributed by atoms with E-state index in [0.29, 0.717) is 28.3 Å². The zero-order chi connectivity index (χ0) is 26.4. The zero-order valence-corrected chi connectivity index (χ0v) is 21.7. The van der Waals surface area contributed by atoms with Crippen molar-refractivity contribution in [2.24, 2.45) is 0 Å². The second kappa shape index (κ2) is 9.20. The van der Waals surface area contributed by atoms with Crippen LogP contribution in [-0.2, 0) is 6.42 Å². The lowest BCUT2D eigenvalue weighted by atomic mass is 10.0. The molecule has 0 saturated heterocycles. The maximum Gasteiger partial charge on any atom is 0.273 e. The highest BCUT2D eigenvalue weighted by Crippen LogP contribution is 2.33. The maximum absolute atomic E-state index is 13.9. The van der Waals surface area contributed by atoms with Gasteiger partial charge < -0.3 is 19.8 Å². The van der Waals surface area contributed by atoms with Crippen molar-refractivity contribution in [2.75, 3.05) is 19.4 Å². The Morgan fingerprint density at radius 1 is 1.19 bits per heavy atom. The van der Waals surface area contributed by atoms with E-state index in [9.17, 15) is 9.90 Å². The quantitative estimate of drug-likeness (QED) is 0.300. The first-order chi connectivity index (χ1) is 17.7. The van der Waals surface area contributed by atoms with Crippen LogP contribution in [0.4, 0.5) is 5.82 Å². The first-order valence-electron chi connectivity index (χ1n) is 12.1. The molecule has 0 aliphatic heterocycles. The van der Waals surface area contributed by atoms with Crippen LogP contribution in [0.2, 0.25) is 0 Å². The number of phenols is 1. The molecule has 3 heterocycles. The number of aryl methyl sites for hydroxylation is 2. The average Bonchev–Trinajstić information content (AvgIpc) is 3.48. The molecule has 1 atom stereocenters. The fourth-order valence-electron chi connectivity index (χ4n) is 4.63. The molecule has 37 heavy (non-hydrogen) atoms. The smallest absolute Gasteiger partial charge is 0.273 e. The molecule has 5 rings (SSSR count). The molecule has 0 bridgehead atoms. The number of aromatic hydroxyl groups is 1. The highest BCUT2D eigenvalue weighted by molar-refractivity contribution is 6.05. The molecule has 1 unspecified atom stereocenters. The lowest BCUT2D eigenvalue weighted by Gasteiger charge is -2.24. The number of hydrogen-bond donors (Lipinski definition) is 3. The number of anilines is 1. The summed E-state index contributed by atoms with van der Waals surface area (Å²) in [6, 6.07) is 8.33. The van der Waals surface area contributed by atoms with Crippen molar-refractivity contribution in [3.8, 4) is 17.1 Å². The number of aromatic nitrogens is 5. The normalized spacial score (nSPS) is 12.3. The van der Waals surface area contributed by atoms with Gasteiger partial charge >= 0.3 is 0 Å². The van der Waals surface area contributed by atoms with Crippen molar-refractivity contribution in [1.29, 1.82) is 0 Å². The Morgan fingerprint density at radius 3 is 2.68 bits per heavy atom. The zero-order valence-electron chi connectivity index (χ0n) is 21.7. The Bertz CT molecular complexity index is 1650. The van der Waals surface area contributed by atoms with Gasteiger partial charge in [-0.15, -0.1) is 0 Å². The molecule has 190 valence electrons. The molecule has 1 amide bonds. The third-order valence-corrected chi connectivity index (χ3v) is 6.94. The van der Waals surface area contributed by atoms with Crippen LogP contribution < -0.4 is 5.32 Å². The number of carbonyl (C=O) groups is 1. The molecule has 3 aromatic heterocycles. The van der Waals surface area contributed by atoms with Gasteiger partial charge in [0.25, 0.3) is 5.91 Å². The molecule has 10 nitrogen and oxygen atoms in total. The molecule has 5 aromatic rings. The predicted molar refractivity (Wildman–Crippen MR) is 142 cm³/mol. The van der Waals surface area contributed by atoms with Gasteiger partial charge in [-0.1, -0.05) is 12.1 Å². The fraction of sp³-hybridized carbons (Fsp3) is 0.296. The van der Waals surface area contributed by atoms with Gasteiger partial charge in [0.15, 0.2) is 17.4 Å². The number of phenolic OH excluding ortho intramolecular Hbond substituents is 1. The minimum Gasteiger partial charge on any atom is -0.508 e. The van der Waals surface area contributed by atoms with Crippen LogP contribution in [0, 0.1) is 13.8 Å². The number of amides is 1. The van der Waals surface area contributed by atoms with Gasteiger partial charge in [-0.3, -0.25) is 9.89 Å². The summed E-state index contributed by atoms with van der Waals surface area (Å²) in [6.45, 7) is 7.82. The number of hydrogen-bond acceptors (Lipinski definition) is 8. The number of benzene rings is 2. The third kappa shape index (κ3) is 4.04. The summed E-state index contributed by atoms with van der Waals surface area (Å²) in [5.74, 6) is 1.46. The van der Waals surface area contributed by atoms with E-state index in [1.54, 1.807) is 24.1 Å². The van der Waals surface area contributed by atoms with Crippen molar-refractivity contribution in [3.63, 3.8) is 0 Å². The Morgan fingerprint density at radius 2 is 1.97 bits per heavy atom. The van der Waals surface area contributed by atoms with Gasteiger partial charge in [-0.05, 0) is 63.1 Å². The van der Waals surface area contributed by atoms with E-state index in [0.717, 1.165) is 39.7 Å². The van der Waals surface area contributed by atoms with Crippen LogP contribution >= 0.6 is 0 Å². The molecule has 0 fully saturated rings. The van der Waals surface area contributed by atoms with E-state index in [2.05, 4.69) is 20.7 Å². The number of nitrogens with one attached hydrogen (secondary N) is 2. The summed E-state index contributed by atoms with van der Waals surface area (Å²) in [5.41, 5.74) is 5.15. The van der Waals surface area contributed by atoms with E-state index in [4.69, 9.17) is 14.5 Å². The summed E-state index contributed by atoms with van der Waals surface area (Å²) in [6.07, 6.45) is 0.745. The van der Waals surface area contributed by atoms with E-state index in [-0.39, 0.29) is 23.4 Å². The Balaban J connectivity index is 1.65. The number of nitrogens with zero attached hydrogens (tertiary/aromatic N) is 5. The molecule has 10 heteroatoms. The number of carbonyl (C=O) groups excluding carboxylic acids is 1. The maximum atomic E-state index is 13.9. The topological polar surface area (TPSA) is 133 Å². The fourth-order valence-corrected chi connectivity index (χ4v) is 4.63. The predicted octanol–water partition coefficient (Wildman–Crippen LogP) is 4.92.